The van der Waals surface area contributed by atoms with Gasteiger partial charge < -0.3 is 15.0 Å². The van der Waals surface area contributed by atoms with E-state index in [1.165, 1.54) is 0 Å². The molecule has 2 aromatic carbocycles. The summed E-state index contributed by atoms with van der Waals surface area (Å²) < 4.78 is 5.32. The van der Waals surface area contributed by atoms with Crippen LogP contribution in [0.4, 0.5) is 10.5 Å². The molecule has 126 valence electrons. The fraction of sp³-hybridized carbons (Fsp3) is 0.350. The fourth-order valence-electron chi connectivity index (χ4n) is 3.34. The normalized spacial score (nSPS) is 16.9. The van der Waals surface area contributed by atoms with Gasteiger partial charge in [-0.2, -0.15) is 0 Å². The van der Waals surface area contributed by atoms with Gasteiger partial charge in [0.2, 0.25) is 0 Å². The van der Waals surface area contributed by atoms with Crippen molar-refractivity contribution in [1.29, 1.82) is 0 Å². The molecule has 4 heteroatoms. The lowest BCUT2D eigenvalue weighted by molar-refractivity contribution is 0.207. The van der Waals surface area contributed by atoms with Crippen molar-refractivity contribution >= 4 is 11.7 Å². The summed E-state index contributed by atoms with van der Waals surface area (Å²) in [6.07, 6.45) is 2.90. The van der Waals surface area contributed by atoms with Crippen LogP contribution in [0.1, 0.15) is 36.9 Å². The van der Waals surface area contributed by atoms with Gasteiger partial charge in [0.05, 0.1) is 13.2 Å². The van der Waals surface area contributed by atoms with Gasteiger partial charge in [-0.15, -0.1) is 0 Å². The topological polar surface area (TPSA) is 41.6 Å². The van der Waals surface area contributed by atoms with Crippen molar-refractivity contribution in [3.63, 3.8) is 0 Å². The molecular weight excluding hydrogens is 300 g/mol. The SMILES string of the molecule is CCc1ccccc1NC(=O)N1CCCC1c1cccc(OC)c1. The Labute approximate surface area is 143 Å². The highest BCUT2D eigenvalue weighted by Crippen LogP contribution is 2.34. The lowest BCUT2D eigenvalue weighted by Crippen LogP contribution is -2.34. The van der Waals surface area contributed by atoms with Gasteiger partial charge in [-0.25, -0.2) is 4.79 Å². The molecule has 0 spiro atoms. The van der Waals surface area contributed by atoms with E-state index in [2.05, 4.69) is 24.4 Å². The summed E-state index contributed by atoms with van der Waals surface area (Å²) in [4.78, 5) is 14.7. The molecule has 1 unspecified atom stereocenters. The quantitative estimate of drug-likeness (QED) is 0.891. The van der Waals surface area contributed by atoms with Crippen LogP contribution >= 0.6 is 0 Å². The fourth-order valence-corrected chi connectivity index (χ4v) is 3.34. The molecular formula is C20H24N2O2. The van der Waals surface area contributed by atoms with Gasteiger partial charge in [0.25, 0.3) is 0 Å². The van der Waals surface area contributed by atoms with E-state index in [1.54, 1.807) is 7.11 Å². The summed E-state index contributed by atoms with van der Waals surface area (Å²) in [5.41, 5.74) is 3.19. The highest BCUT2D eigenvalue weighted by atomic mass is 16.5. The van der Waals surface area contributed by atoms with Gasteiger partial charge >= 0.3 is 6.03 Å². The smallest absolute Gasteiger partial charge is 0.322 e. The van der Waals surface area contributed by atoms with Gasteiger partial charge in [-0.05, 0) is 48.6 Å². The van der Waals surface area contributed by atoms with Crippen LogP contribution in [0.3, 0.4) is 0 Å². The van der Waals surface area contributed by atoms with Crippen LogP contribution in [-0.2, 0) is 6.42 Å². The molecule has 0 saturated carbocycles. The van der Waals surface area contributed by atoms with E-state index in [9.17, 15) is 4.79 Å². The first-order valence-corrected chi connectivity index (χ1v) is 8.52. The average molecular weight is 324 g/mol. The molecule has 3 rings (SSSR count). The summed E-state index contributed by atoms with van der Waals surface area (Å²) in [5, 5.41) is 3.09. The van der Waals surface area contributed by atoms with Crippen molar-refractivity contribution in [2.45, 2.75) is 32.2 Å². The summed E-state index contributed by atoms with van der Waals surface area (Å²) in [6.45, 7) is 2.88. The molecule has 1 N–H and O–H groups in total. The van der Waals surface area contributed by atoms with Gasteiger partial charge in [-0.3, -0.25) is 0 Å². The molecule has 0 aromatic heterocycles. The molecule has 0 radical (unpaired) electrons. The van der Waals surface area contributed by atoms with Crippen molar-refractivity contribution in [2.24, 2.45) is 0 Å². The van der Waals surface area contributed by atoms with Crippen molar-refractivity contribution in [2.75, 3.05) is 19.0 Å². The first-order chi connectivity index (χ1) is 11.7. The predicted octanol–water partition coefficient (Wildman–Crippen LogP) is 4.63. The number of nitrogens with one attached hydrogen (secondary N) is 1. The van der Waals surface area contributed by atoms with E-state index >= 15 is 0 Å². The Bertz CT molecular complexity index is 714. The molecule has 1 atom stereocenters. The van der Waals surface area contributed by atoms with Crippen LogP contribution in [0, 0.1) is 0 Å². The maximum absolute atomic E-state index is 12.8. The number of urea groups is 1. The number of para-hydroxylation sites is 1. The number of nitrogens with zero attached hydrogens (tertiary/aromatic N) is 1. The Morgan fingerprint density at radius 2 is 2.08 bits per heavy atom. The van der Waals surface area contributed by atoms with Gasteiger partial charge in [0, 0.05) is 12.2 Å². The molecule has 0 aliphatic carbocycles. The molecule has 1 heterocycles. The third-order valence-corrected chi connectivity index (χ3v) is 4.63. The van der Waals surface area contributed by atoms with E-state index in [-0.39, 0.29) is 12.1 Å². The van der Waals surface area contributed by atoms with Crippen LogP contribution in [-0.4, -0.2) is 24.6 Å². The number of ether oxygens (including phenoxy) is 1. The number of hydrogen-bond acceptors (Lipinski definition) is 2. The maximum Gasteiger partial charge on any atom is 0.322 e. The van der Waals surface area contributed by atoms with E-state index in [4.69, 9.17) is 4.74 Å². The molecule has 1 saturated heterocycles. The lowest BCUT2D eigenvalue weighted by Gasteiger charge is -2.26. The third-order valence-electron chi connectivity index (χ3n) is 4.63. The average Bonchev–Trinajstić information content (AvgIpc) is 3.12. The molecule has 1 fully saturated rings. The number of rotatable bonds is 4. The second-order valence-corrected chi connectivity index (χ2v) is 6.07. The minimum atomic E-state index is -0.0266. The van der Waals surface area contributed by atoms with Gasteiger partial charge in [0.1, 0.15) is 5.75 Å². The largest absolute Gasteiger partial charge is 0.497 e. The number of aryl methyl sites for hydroxylation is 1. The number of carbonyl (C=O) groups excluding carboxylic acids is 1. The van der Waals surface area contributed by atoms with Crippen molar-refractivity contribution < 1.29 is 9.53 Å². The van der Waals surface area contributed by atoms with Crippen LogP contribution in [0.2, 0.25) is 0 Å². The van der Waals surface area contributed by atoms with Crippen molar-refractivity contribution in [3.05, 3.63) is 59.7 Å². The Hall–Kier alpha value is -2.49. The minimum Gasteiger partial charge on any atom is -0.497 e. The summed E-state index contributed by atoms with van der Waals surface area (Å²) in [6, 6.07) is 16.1. The number of amides is 2. The number of methoxy groups -OCH3 is 1. The maximum atomic E-state index is 12.8. The second-order valence-electron chi connectivity index (χ2n) is 6.07. The van der Waals surface area contributed by atoms with E-state index < -0.39 is 0 Å². The molecule has 0 bridgehead atoms. The van der Waals surface area contributed by atoms with Crippen LogP contribution in [0.5, 0.6) is 5.75 Å². The van der Waals surface area contributed by atoms with Crippen LogP contribution in [0.25, 0.3) is 0 Å². The molecule has 1 aliphatic rings. The van der Waals surface area contributed by atoms with E-state index in [0.29, 0.717) is 0 Å². The van der Waals surface area contributed by atoms with Crippen molar-refractivity contribution in [3.8, 4) is 5.75 Å². The highest BCUT2D eigenvalue weighted by molar-refractivity contribution is 5.90. The van der Waals surface area contributed by atoms with Crippen LogP contribution < -0.4 is 10.1 Å². The summed E-state index contributed by atoms with van der Waals surface area (Å²) in [5.74, 6) is 0.830. The Balaban J connectivity index is 1.78. The predicted molar refractivity (Wildman–Crippen MR) is 96.5 cm³/mol. The number of hydrogen-bond donors (Lipinski definition) is 1. The molecule has 2 aromatic rings. The van der Waals surface area contributed by atoms with Gasteiger partial charge in [0.15, 0.2) is 0 Å². The monoisotopic (exact) mass is 324 g/mol. The highest BCUT2D eigenvalue weighted by Gasteiger charge is 2.30. The van der Waals surface area contributed by atoms with Crippen molar-refractivity contribution in [1.82, 2.24) is 4.90 Å². The summed E-state index contributed by atoms with van der Waals surface area (Å²) >= 11 is 0. The number of anilines is 1. The Morgan fingerprint density at radius 1 is 1.25 bits per heavy atom. The molecule has 4 nitrogen and oxygen atoms in total. The molecule has 2 amide bonds. The van der Waals surface area contributed by atoms with Crippen LogP contribution in [0.15, 0.2) is 48.5 Å². The third kappa shape index (κ3) is 3.37. The Kier molecular flexibility index (Phi) is 5.04. The zero-order valence-electron chi connectivity index (χ0n) is 14.3. The first kappa shape index (κ1) is 16.4. The van der Waals surface area contributed by atoms with E-state index in [1.807, 2.05) is 41.3 Å². The first-order valence-electron chi connectivity index (χ1n) is 8.52. The lowest BCUT2D eigenvalue weighted by atomic mass is 10.0. The molecule has 24 heavy (non-hydrogen) atoms. The number of benzene rings is 2. The standard InChI is InChI=1S/C20H24N2O2/c1-3-15-8-4-5-11-18(15)21-20(23)22-13-7-12-19(22)16-9-6-10-17(14-16)24-2/h4-6,8-11,14,19H,3,7,12-13H2,1-2H3,(H,21,23). The van der Waals surface area contributed by atoms with E-state index in [0.717, 1.165) is 48.4 Å². The zero-order valence-corrected chi connectivity index (χ0v) is 14.3. The second kappa shape index (κ2) is 7.39. The number of likely N-dealkylation sites (tertiary alicyclic amines) is 1. The van der Waals surface area contributed by atoms with Gasteiger partial charge in [-0.1, -0.05) is 37.3 Å². The molecule has 1 aliphatic heterocycles. The Morgan fingerprint density at radius 3 is 2.88 bits per heavy atom. The minimum absolute atomic E-state index is 0.0266. The summed E-state index contributed by atoms with van der Waals surface area (Å²) in [7, 11) is 1.67. The zero-order chi connectivity index (χ0) is 16.9. The number of carbonyl (C=O) groups is 1.